The summed E-state index contributed by atoms with van der Waals surface area (Å²) < 4.78 is 27.4. The summed E-state index contributed by atoms with van der Waals surface area (Å²) in [5, 5.41) is 12.8. The molecule has 0 radical (unpaired) electrons. The lowest BCUT2D eigenvalue weighted by Gasteiger charge is -2.07. The molecule has 1 heterocycles. The van der Waals surface area contributed by atoms with Crippen LogP contribution in [0.5, 0.6) is 0 Å². The molecule has 9 heteroatoms. The lowest BCUT2D eigenvalue weighted by molar-refractivity contribution is -0.384. The second-order valence-corrected chi connectivity index (χ2v) is 4.74. The summed E-state index contributed by atoms with van der Waals surface area (Å²) in [4.78, 5) is 25.5. The van der Waals surface area contributed by atoms with E-state index in [4.69, 9.17) is 0 Å². The van der Waals surface area contributed by atoms with Gasteiger partial charge in [-0.25, -0.2) is 13.8 Å². The van der Waals surface area contributed by atoms with Crippen LogP contribution in [0.1, 0.15) is 10.5 Å². The Kier molecular flexibility index (Phi) is 4.22. The van der Waals surface area contributed by atoms with Crippen molar-refractivity contribution in [3.63, 3.8) is 0 Å². The van der Waals surface area contributed by atoms with Crippen molar-refractivity contribution in [2.45, 2.75) is 0 Å². The zero-order chi connectivity index (χ0) is 15.6. The van der Waals surface area contributed by atoms with Crippen molar-refractivity contribution in [1.29, 1.82) is 0 Å². The van der Waals surface area contributed by atoms with Crippen molar-refractivity contribution in [3.05, 3.63) is 62.4 Å². The third-order valence-corrected chi connectivity index (χ3v) is 2.94. The largest absolute Gasteiger partial charge is 0.312 e. The van der Waals surface area contributed by atoms with Crippen LogP contribution in [0.3, 0.4) is 0 Å². The number of hydrogen-bond acceptors (Lipinski definition) is 4. The molecule has 0 saturated heterocycles. The lowest BCUT2D eigenvalue weighted by atomic mass is 10.2. The molecule has 21 heavy (non-hydrogen) atoms. The molecule has 0 aliphatic heterocycles. The van der Waals surface area contributed by atoms with Gasteiger partial charge in [-0.05, 0) is 34.1 Å². The Bertz CT molecular complexity index is 722. The second-order valence-electron chi connectivity index (χ2n) is 3.83. The number of nitrogens with zero attached hydrogens (tertiary/aromatic N) is 2. The Morgan fingerprint density at radius 1 is 1.29 bits per heavy atom. The topological polar surface area (TPSA) is 85.1 Å². The number of halogens is 3. The van der Waals surface area contributed by atoms with Gasteiger partial charge in [-0.3, -0.25) is 14.9 Å². The number of nitro groups is 1. The Balaban J connectivity index is 2.38. The van der Waals surface area contributed by atoms with E-state index in [1.54, 1.807) is 0 Å². The molecule has 0 aliphatic rings. The van der Waals surface area contributed by atoms with Gasteiger partial charge in [0.05, 0.1) is 4.92 Å². The van der Waals surface area contributed by atoms with E-state index < -0.39 is 33.8 Å². The fourth-order valence-corrected chi connectivity index (χ4v) is 1.73. The number of nitro benzene ring substituents is 1. The number of pyridine rings is 1. The van der Waals surface area contributed by atoms with E-state index >= 15 is 0 Å². The molecule has 108 valence electrons. The zero-order valence-corrected chi connectivity index (χ0v) is 11.7. The van der Waals surface area contributed by atoms with Crippen molar-refractivity contribution < 1.29 is 18.5 Å². The SMILES string of the molecule is O=C(Nc1c([N+](=O)[O-])ccc(F)c1F)c1ccc(Br)cn1. The van der Waals surface area contributed by atoms with Crippen molar-refractivity contribution in [2.75, 3.05) is 5.32 Å². The molecule has 0 aliphatic carbocycles. The maximum absolute atomic E-state index is 13.6. The van der Waals surface area contributed by atoms with Crippen LogP contribution < -0.4 is 5.32 Å². The molecule has 1 amide bonds. The summed E-state index contributed by atoms with van der Waals surface area (Å²) in [6.07, 6.45) is 1.32. The van der Waals surface area contributed by atoms with Crippen molar-refractivity contribution in [3.8, 4) is 0 Å². The number of anilines is 1. The molecule has 0 spiro atoms. The van der Waals surface area contributed by atoms with E-state index in [1.807, 2.05) is 5.32 Å². The highest BCUT2D eigenvalue weighted by atomic mass is 79.9. The fraction of sp³-hybridized carbons (Fsp3) is 0. The molecule has 0 bridgehead atoms. The molecule has 0 fully saturated rings. The predicted molar refractivity (Wildman–Crippen MR) is 72.9 cm³/mol. The predicted octanol–water partition coefficient (Wildman–Crippen LogP) is 3.28. The molecule has 1 aromatic carbocycles. The van der Waals surface area contributed by atoms with Crippen LogP contribution in [0.4, 0.5) is 20.2 Å². The minimum Gasteiger partial charge on any atom is -0.312 e. The Labute approximate surface area is 125 Å². The van der Waals surface area contributed by atoms with Gasteiger partial charge in [0.2, 0.25) is 0 Å². The van der Waals surface area contributed by atoms with Gasteiger partial charge in [-0.15, -0.1) is 0 Å². The molecule has 2 rings (SSSR count). The Morgan fingerprint density at radius 2 is 2.00 bits per heavy atom. The molecule has 1 aromatic heterocycles. The number of benzene rings is 1. The number of amides is 1. The summed E-state index contributed by atoms with van der Waals surface area (Å²) in [5.41, 5.74) is -1.69. The van der Waals surface area contributed by atoms with Gasteiger partial charge in [-0.2, -0.15) is 0 Å². The molecular weight excluding hydrogens is 352 g/mol. The minimum absolute atomic E-state index is 0.101. The van der Waals surface area contributed by atoms with Crippen LogP contribution in [0.25, 0.3) is 0 Å². The Hall–Kier alpha value is -2.42. The van der Waals surface area contributed by atoms with Crippen molar-refractivity contribution in [2.24, 2.45) is 0 Å². The molecule has 0 saturated carbocycles. The maximum Gasteiger partial charge on any atom is 0.296 e. The van der Waals surface area contributed by atoms with Gasteiger partial charge in [0.1, 0.15) is 5.69 Å². The van der Waals surface area contributed by atoms with Gasteiger partial charge < -0.3 is 5.32 Å². The number of rotatable bonds is 3. The van der Waals surface area contributed by atoms with E-state index in [1.165, 1.54) is 18.3 Å². The quantitative estimate of drug-likeness (QED) is 0.674. The first kappa shape index (κ1) is 15.0. The van der Waals surface area contributed by atoms with E-state index in [0.717, 1.165) is 6.07 Å². The summed E-state index contributed by atoms with van der Waals surface area (Å²) in [5.74, 6) is -3.70. The van der Waals surface area contributed by atoms with Gasteiger partial charge in [0.25, 0.3) is 11.6 Å². The molecule has 0 unspecified atom stereocenters. The number of carbonyl (C=O) groups excluding carboxylic acids is 1. The fourth-order valence-electron chi connectivity index (χ4n) is 1.50. The third-order valence-electron chi connectivity index (χ3n) is 2.47. The van der Waals surface area contributed by atoms with Crippen LogP contribution >= 0.6 is 15.9 Å². The summed E-state index contributed by atoms with van der Waals surface area (Å²) in [6.45, 7) is 0. The van der Waals surface area contributed by atoms with Crippen molar-refractivity contribution in [1.82, 2.24) is 4.98 Å². The smallest absolute Gasteiger partial charge is 0.296 e. The minimum atomic E-state index is -1.50. The second kappa shape index (κ2) is 5.92. The first-order valence-electron chi connectivity index (χ1n) is 5.45. The van der Waals surface area contributed by atoms with Gasteiger partial charge >= 0.3 is 0 Å². The molecule has 2 aromatic rings. The van der Waals surface area contributed by atoms with Gasteiger partial charge in [0.15, 0.2) is 17.3 Å². The van der Waals surface area contributed by atoms with E-state index in [9.17, 15) is 23.7 Å². The first-order valence-corrected chi connectivity index (χ1v) is 6.24. The zero-order valence-electron chi connectivity index (χ0n) is 10.1. The normalized spacial score (nSPS) is 10.2. The third kappa shape index (κ3) is 3.19. The average Bonchev–Trinajstić information content (AvgIpc) is 2.44. The molecule has 6 nitrogen and oxygen atoms in total. The maximum atomic E-state index is 13.6. The van der Waals surface area contributed by atoms with Crippen LogP contribution in [-0.2, 0) is 0 Å². The van der Waals surface area contributed by atoms with E-state index in [0.29, 0.717) is 10.5 Å². The number of carbonyl (C=O) groups is 1. The average molecular weight is 358 g/mol. The number of hydrogen-bond donors (Lipinski definition) is 1. The molecular formula is C12H6BrF2N3O3. The highest BCUT2D eigenvalue weighted by Crippen LogP contribution is 2.29. The lowest BCUT2D eigenvalue weighted by Crippen LogP contribution is -2.16. The highest BCUT2D eigenvalue weighted by Gasteiger charge is 2.24. The number of nitrogens with one attached hydrogen (secondary N) is 1. The van der Waals surface area contributed by atoms with Crippen LogP contribution in [0.15, 0.2) is 34.9 Å². The van der Waals surface area contributed by atoms with E-state index in [-0.39, 0.29) is 5.69 Å². The summed E-state index contributed by atoms with van der Waals surface area (Å²) in [6, 6.07) is 4.21. The van der Waals surface area contributed by atoms with Gasteiger partial charge in [-0.1, -0.05) is 0 Å². The van der Waals surface area contributed by atoms with Crippen LogP contribution in [0, 0.1) is 21.7 Å². The summed E-state index contributed by atoms with van der Waals surface area (Å²) >= 11 is 3.12. The first-order chi connectivity index (χ1) is 9.90. The number of aromatic nitrogens is 1. The highest BCUT2D eigenvalue weighted by molar-refractivity contribution is 9.10. The van der Waals surface area contributed by atoms with Gasteiger partial charge in [0, 0.05) is 16.7 Å². The standard InChI is InChI=1S/C12H6BrF2N3O3/c13-6-1-3-8(16-5-6)12(19)17-11-9(18(20)21)4-2-7(14)10(11)15/h1-5H,(H,17,19). The Morgan fingerprint density at radius 3 is 2.57 bits per heavy atom. The van der Waals surface area contributed by atoms with Crippen LogP contribution in [-0.4, -0.2) is 15.8 Å². The monoisotopic (exact) mass is 357 g/mol. The summed E-state index contributed by atoms with van der Waals surface area (Å²) in [7, 11) is 0. The van der Waals surface area contributed by atoms with E-state index in [2.05, 4.69) is 20.9 Å². The van der Waals surface area contributed by atoms with Crippen LogP contribution in [0.2, 0.25) is 0 Å². The molecule has 0 atom stereocenters. The van der Waals surface area contributed by atoms with Crippen molar-refractivity contribution >= 4 is 33.2 Å². The molecule has 1 N–H and O–H groups in total.